The molecule has 30 heavy (non-hydrogen) atoms. The average molecular weight is 423 g/mol. The topological polar surface area (TPSA) is 68.3 Å². The molecule has 0 unspecified atom stereocenters. The van der Waals surface area contributed by atoms with Crippen LogP contribution in [0.5, 0.6) is 5.75 Å². The van der Waals surface area contributed by atoms with Gasteiger partial charge in [-0.1, -0.05) is 35.9 Å². The van der Waals surface area contributed by atoms with Crippen LogP contribution >= 0.6 is 11.6 Å². The Balaban J connectivity index is 1.21. The highest BCUT2D eigenvalue weighted by Gasteiger charge is 2.32. The van der Waals surface area contributed by atoms with E-state index in [9.17, 15) is 9.59 Å². The molecule has 1 amide bonds. The van der Waals surface area contributed by atoms with E-state index in [-0.39, 0.29) is 30.3 Å². The van der Waals surface area contributed by atoms with E-state index in [0.29, 0.717) is 22.9 Å². The molecule has 1 aliphatic carbocycles. The summed E-state index contributed by atoms with van der Waals surface area (Å²) < 4.78 is 5.57. The van der Waals surface area contributed by atoms with Crippen LogP contribution in [0, 0.1) is 12.8 Å². The molecule has 0 radical (unpaired) electrons. The first kappa shape index (κ1) is 20.4. The lowest BCUT2D eigenvalue weighted by molar-refractivity contribution is -0.122. The maximum atomic E-state index is 12.5. The Labute approximate surface area is 180 Å². The zero-order chi connectivity index (χ0) is 21.1. The SMILES string of the molecule is Cc1cc(OCC(=O)CC2CC(NC(=O)c3ccc4ccccc4n3)C2)ccc1Cl. The number of Topliss-reactive ketones (excluding diaryl/α,β-unsaturated/α-hetero) is 1. The van der Waals surface area contributed by atoms with E-state index >= 15 is 0 Å². The molecule has 6 heteroatoms. The summed E-state index contributed by atoms with van der Waals surface area (Å²) >= 11 is 6.00. The third-order valence-corrected chi connectivity index (χ3v) is 5.87. The minimum absolute atomic E-state index is 0.0512. The van der Waals surface area contributed by atoms with Crippen LogP contribution in [0.3, 0.4) is 0 Å². The van der Waals surface area contributed by atoms with E-state index in [2.05, 4.69) is 10.3 Å². The molecule has 0 bridgehead atoms. The van der Waals surface area contributed by atoms with Crippen molar-refractivity contribution in [1.29, 1.82) is 0 Å². The molecule has 3 aromatic rings. The van der Waals surface area contributed by atoms with Crippen LogP contribution in [0.25, 0.3) is 10.9 Å². The van der Waals surface area contributed by atoms with E-state index < -0.39 is 0 Å². The van der Waals surface area contributed by atoms with Gasteiger partial charge < -0.3 is 10.1 Å². The molecule has 0 spiro atoms. The summed E-state index contributed by atoms with van der Waals surface area (Å²) in [5.41, 5.74) is 2.14. The lowest BCUT2D eigenvalue weighted by Gasteiger charge is -2.35. The summed E-state index contributed by atoms with van der Waals surface area (Å²) in [5.74, 6) is 0.820. The number of hydrogen-bond donors (Lipinski definition) is 1. The molecule has 1 fully saturated rings. The van der Waals surface area contributed by atoms with Crippen molar-refractivity contribution in [3.8, 4) is 5.75 Å². The molecule has 2 aromatic carbocycles. The number of pyridine rings is 1. The van der Waals surface area contributed by atoms with Gasteiger partial charge in [-0.3, -0.25) is 9.59 Å². The van der Waals surface area contributed by atoms with Crippen LogP contribution in [0.1, 0.15) is 35.3 Å². The molecule has 0 aliphatic heterocycles. The molecule has 1 saturated carbocycles. The van der Waals surface area contributed by atoms with Gasteiger partial charge in [0.1, 0.15) is 18.1 Å². The normalized spacial score (nSPS) is 17.9. The van der Waals surface area contributed by atoms with Gasteiger partial charge in [0.05, 0.1) is 5.52 Å². The maximum Gasteiger partial charge on any atom is 0.270 e. The van der Waals surface area contributed by atoms with E-state index in [1.807, 2.05) is 43.3 Å². The number of benzene rings is 2. The Bertz CT molecular complexity index is 1090. The van der Waals surface area contributed by atoms with E-state index in [1.165, 1.54) is 0 Å². The van der Waals surface area contributed by atoms with Gasteiger partial charge in [0.15, 0.2) is 5.78 Å². The van der Waals surface area contributed by atoms with Gasteiger partial charge in [0, 0.05) is 22.9 Å². The highest BCUT2D eigenvalue weighted by atomic mass is 35.5. The number of nitrogens with one attached hydrogen (secondary N) is 1. The first-order valence-electron chi connectivity index (χ1n) is 10.1. The van der Waals surface area contributed by atoms with Gasteiger partial charge >= 0.3 is 0 Å². The van der Waals surface area contributed by atoms with Crippen LogP contribution in [0.15, 0.2) is 54.6 Å². The maximum absolute atomic E-state index is 12.5. The molecular weight excluding hydrogens is 400 g/mol. The van der Waals surface area contributed by atoms with Crippen molar-refractivity contribution in [2.45, 2.75) is 32.2 Å². The fraction of sp³-hybridized carbons (Fsp3) is 0.292. The van der Waals surface area contributed by atoms with Crippen molar-refractivity contribution >= 4 is 34.2 Å². The van der Waals surface area contributed by atoms with Gasteiger partial charge in [-0.2, -0.15) is 0 Å². The fourth-order valence-corrected chi connectivity index (χ4v) is 3.84. The number of ketones is 1. The fourth-order valence-electron chi connectivity index (χ4n) is 3.72. The van der Waals surface area contributed by atoms with Crippen molar-refractivity contribution in [3.05, 3.63) is 70.9 Å². The average Bonchev–Trinajstić information content (AvgIpc) is 2.72. The number of amides is 1. The quantitative estimate of drug-likeness (QED) is 0.597. The number of hydrogen-bond acceptors (Lipinski definition) is 4. The Morgan fingerprint density at radius 2 is 1.93 bits per heavy atom. The van der Waals surface area contributed by atoms with Crippen molar-refractivity contribution in [3.63, 3.8) is 0 Å². The van der Waals surface area contributed by atoms with Crippen molar-refractivity contribution in [2.75, 3.05) is 6.61 Å². The van der Waals surface area contributed by atoms with Gasteiger partial charge in [-0.15, -0.1) is 0 Å². The molecular formula is C24H23ClN2O3. The minimum atomic E-state index is -0.169. The summed E-state index contributed by atoms with van der Waals surface area (Å²) in [7, 11) is 0. The summed E-state index contributed by atoms with van der Waals surface area (Å²) in [6, 6.07) is 16.8. The second-order valence-corrected chi connectivity index (χ2v) is 8.25. The van der Waals surface area contributed by atoms with Crippen molar-refractivity contribution in [1.82, 2.24) is 10.3 Å². The summed E-state index contributed by atoms with van der Waals surface area (Å²) in [4.78, 5) is 29.1. The van der Waals surface area contributed by atoms with Crippen LogP contribution < -0.4 is 10.1 Å². The Hall–Kier alpha value is -2.92. The lowest BCUT2D eigenvalue weighted by atomic mass is 9.77. The highest BCUT2D eigenvalue weighted by Crippen LogP contribution is 2.31. The largest absolute Gasteiger partial charge is 0.486 e. The number of nitrogens with zero attached hydrogens (tertiary/aromatic N) is 1. The summed E-state index contributed by atoms with van der Waals surface area (Å²) in [6.45, 7) is 1.95. The molecule has 1 aliphatic rings. The number of ether oxygens (including phenoxy) is 1. The number of carbonyl (C=O) groups is 2. The summed E-state index contributed by atoms with van der Waals surface area (Å²) in [5, 5.41) is 4.70. The van der Waals surface area contributed by atoms with Crippen molar-refractivity contribution < 1.29 is 14.3 Å². The molecule has 1 aromatic heterocycles. The number of para-hydroxylation sites is 1. The number of carbonyl (C=O) groups excluding carboxylic acids is 2. The molecule has 154 valence electrons. The predicted molar refractivity (Wildman–Crippen MR) is 117 cm³/mol. The Morgan fingerprint density at radius 3 is 2.73 bits per heavy atom. The highest BCUT2D eigenvalue weighted by molar-refractivity contribution is 6.31. The standard InChI is InChI=1S/C24H23ClN2O3/c1-15-10-20(7-8-21(15)25)30-14-19(28)13-16-11-18(12-16)26-24(29)23-9-6-17-4-2-3-5-22(17)27-23/h2-10,16,18H,11-14H2,1H3,(H,26,29). The predicted octanol–water partition coefficient (Wildman–Crippen LogP) is 4.74. The Morgan fingerprint density at radius 1 is 1.13 bits per heavy atom. The first-order valence-corrected chi connectivity index (χ1v) is 10.4. The monoisotopic (exact) mass is 422 g/mol. The van der Waals surface area contributed by atoms with Gasteiger partial charge in [-0.05, 0) is 61.6 Å². The lowest BCUT2D eigenvalue weighted by Crippen LogP contribution is -2.45. The molecule has 1 N–H and O–H groups in total. The van der Waals surface area contributed by atoms with E-state index in [0.717, 1.165) is 29.3 Å². The van der Waals surface area contributed by atoms with Gasteiger partial charge in [0.25, 0.3) is 5.91 Å². The second kappa shape index (κ2) is 8.84. The van der Waals surface area contributed by atoms with E-state index in [1.54, 1.807) is 18.2 Å². The second-order valence-electron chi connectivity index (χ2n) is 7.84. The Kier molecular flexibility index (Phi) is 6.00. The van der Waals surface area contributed by atoms with Crippen LogP contribution in [0.2, 0.25) is 5.02 Å². The van der Waals surface area contributed by atoms with Crippen molar-refractivity contribution in [2.24, 2.45) is 5.92 Å². The van der Waals surface area contributed by atoms with Crippen LogP contribution in [-0.2, 0) is 4.79 Å². The molecule has 1 heterocycles. The smallest absolute Gasteiger partial charge is 0.270 e. The van der Waals surface area contributed by atoms with E-state index in [4.69, 9.17) is 16.3 Å². The van der Waals surface area contributed by atoms with Crippen LogP contribution in [0.4, 0.5) is 0 Å². The third-order valence-electron chi connectivity index (χ3n) is 5.45. The first-order chi connectivity index (χ1) is 14.5. The number of aryl methyl sites for hydroxylation is 1. The van der Waals surface area contributed by atoms with Gasteiger partial charge in [-0.25, -0.2) is 4.98 Å². The van der Waals surface area contributed by atoms with Crippen LogP contribution in [-0.4, -0.2) is 29.3 Å². The zero-order valence-corrected chi connectivity index (χ0v) is 17.5. The molecule has 4 rings (SSSR count). The zero-order valence-electron chi connectivity index (χ0n) is 16.7. The summed E-state index contributed by atoms with van der Waals surface area (Å²) in [6.07, 6.45) is 2.06. The molecule has 0 saturated heterocycles. The third kappa shape index (κ3) is 4.79. The number of halogens is 1. The molecule has 5 nitrogen and oxygen atoms in total. The molecule has 0 atom stereocenters. The number of fused-ring (bicyclic) bond motifs is 1. The minimum Gasteiger partial charge on any atom is -0.486 e. The van der Waals surface area contributed by atoms with Gasteiger partial charge in [0.2, 0.25) is 0 Å². The number of rotatable bonds is 7. The number of aromatic nitrogens is 1.